The van der Waals surface area contributed by atoms with Crippen molar-refractivity contribution >= 4 is 23.4 Å². The Hall–Kier alpha value is -3.29. The van der Waals surface area contributed by atoms with Crippen molar-refractivity contribution in [3.63, 3.8) is 0 Å². The third-order valence-electron chi connectivity index (χ3n) is 4.09. The molecule has 134 valence electrons. The molecule has 0 saturated carbocycles. The Kier molecular flexibility index (Phi) is 5.21. The maximum atomic E-state index is 12.6. The highest BCUT2D eigenvalue weighted by atomic mass is 16.2. The number of amides is 3. The molecule has 1 aliphatic heterocycles. The first-order valence-corrected chi connectivity index (χ1v) is 8.27. The number of anilines is 1. The SMILES string of the molecule is CC(=O)Nc1ccc(C(=O)N2CCN(C(=O)c3cnccn3)CC2)cc1. The lowest BCUT2D eigenvalue weighted by molar-refractivity contribution is -0.114. The molecule has 0 unspecified atom stereocenters. The average molecular weight is 353 g/mol. The zero-order chi connectivity index (χ0) is 18.5. The maximum Gasteiger partial charge on any atom is 0.274 e. The van der Waals surface area contributed by atoms with Crippen LogP contribution in [0.4, 0.5) is 5.69 Å². The first-order valence-electron chi connectivity index (χ1n) is 8.27. The van der Waals surface area contributed by atoms with Crippen LogP contribution in [0.5, 0.6) is 0 Å². The van der Waals surface area contributed by atoms with Gasteiger partial charge in [0.05, 0.1) is 6.20 Å². The van der Waals surface area contributed by atoms with E-state index in [9.17, 15) is 14.4 Å². The van der Waals surface area contributed by atoms with Crippen LogP contribution in [0.2, 0.25) is 0 Å². The standard InChI is InChI=1S/C18H19N5O3/c1-13(24)21-15-4-2-14(3-5-15)17(25)22-8-10-23(11-9-22)18(26)16-12-19-6-7-20-16/h2-7,12H,8-11H2,1H3,(H,21,24). The van der Waals surface area contributed by atoms with Gasteiger partial charge >= 0.3 is 0 Å². The van der Waals surface area contributed by atoms with Crippen molar-refractivity contribution in [2.75, 3.05) is 31.5 Å². The topological polar surface area (TPSA) is 95.5 Å². The predicted octanol–water partition coefficient (Wildman–Crippen LogP) is 1.03. The fourth-order valence-electron chi connectivity index (χ4n) is 2.77. The van der Waals surface area contributed by atoms with Gasteiger partial charge in [-0.3, -0.25) is 19.4 Å². The number of hydrogen-bond acceptors (Lipinski definition) is 5. The van der Waals surface area contributed by atoms with Crippen LogP contribution in [0.25, 0.3) is 0 Å². The van der Waals surface area contributed by atoms with Gasteiger partial charge in [0.15, 0.2) is 0 Å². The number of rotatable bonds is 3. The second-order valence-electron chi connectivity index (χ2n) is 5.93. The molecule has 1 N–H and O–H groups in total. The van der Waals surface area contributed by atoms with E-state index in [1.807, 2.05) is 0 Å². The van der Waals surface area contributed by atoms with Crippen LogP contribution in [0.1, 0.15) is 27.8 Å². The van der Waals surface area contributed by atoms with Crippen LogP contribution in [0, 0.1) is 0 Å². The number of piperazine rings is 1. The fraction of sp³-hybridized carbons (Fsp3) is 0.278. The molecule has 0 bridgehead atoms. The summed E-state index contributed by atoms with van der Waals surface area (Å²) in [5.74, 6) is -0.427. The molecule has 1 aromatic heterocycles. The van der Waals surface area contributed by atoms with E-state index in [-0.39, 0.29) is 17.7 Å². The highest BCUT2D eigenvalue weighted by Gasteiger charge is 2.26. The van der Waals surface area contributed by atoms with Gasteiger partial charge in [0.25, 0.3) is 11.8 Å². The fourth-order valence-corrected chi connectivity index (χ4v) is 2.77. The van der Waals surface area contributed by atoms with E-state index in [4.69, 9.17) is 0 Å². The predicted molar refractivity (Wildman–Crippen MR) is 94.6 cm³/mol. The average Bonchev–Trinajstić information content (AvgIpc) is 2.68. The normalized spacial score (nSPS) is 14.0. The highest BCUT2D eigenvalue weighted by molar-refractivity contribution is 5.96. The minimum atomic E-state index is -0.176. The van der Waals surface area contributed by atoms with Crippen molar-refractivity contribution < 1.29 is 14.4 Å². The molecule has 1 saturated heterocycles. The van der Waals surface area contributed by atoms with E-state index >= 15 is 0 Å². The molecular formula is C18H19N5O3. The Labute approximate surface area is 150 Å². The zero-order valence-electron chi connectivity index (χ0n) is 14.4. The van der Waals surface area contributed by atoms with Crippen LogP contribution in [0.15, 0.2) is 42.9 Å². The summed E-state index contributed by atoms with van der Waals surface area (Å²) in [6, 6.07) is 6.76. The Bertz CT molecular complexity index is 799. The van der Waals surface area contributed by atoms with Crippen molar-refractivity contribution in [1.82, 2.24) is 19.8 Å². The van der Waals surface area contributed by atoms with Gasteiger partial charge in [-0.2, -0.15) is 0 Å². The molecule has 8 nitrogen and oxygen atoms in total. The lowest BCUT2D eigenvalue weighted by Gasteiger charge is -2.34. The molecular weight excluding hydrogens is 334 g/mol. The number of benzene rings is 1. The highest BCUT2D eigenvalue weighted by Crippen LogP contribution is 2.14. The van der Waals surface area contributed by atoms with Crippen molar-refractivity contribution in [2.24, 2.45) is 0 Å². The van der Waals surface area contributed by atoms with Gasteiger partial charge < -0.3 is 15.1 Å². The summed E-state index contributed by atoms with van der Waals surface area (Å²) in [7, 11) is 0. The van der Waals surface area contributed by atoms with Crippen LogP contribution in [-0.2, 0) is 4.79 Å². The molecule has 2 heterocycles. The van der Waals surface area contributed by atoms with Crippen molar-refractivity contribution in [2.45, 2.75) is 6.92 Å². The summed E-state index contributed by atoms with van der Waals surface area (Å²) in [6.07, 6.45) is 4.44. The van der Waals surface area contributed by atoms with Gasteiger partial charge in [-0.05, 0) is 24.3 Å². The number of nitrogens with one attached hydrogen (secondary N) is 1. The Morgan fingerprint density at radius 2 is 1.54 bits per heavy atom. The van der Waals surface area contributed by atoms with Gasteiger partial charge in [-0.15, -0.1) is 0 Å². The van der Waals surface area contributed by atoms with E-state index < -0.39 is 0 Å². The maximum absolute atomic E-state index is 12.6. The first kappa shape index (κ1) is 17.5. The van der Waals surface area contributed by atoms with Gasteiger partial charge in [0.2, 0.25) is 5.91 Å². The van der Waals surface area contributed by atoms with Gasteiger partial charge in [-0.1, -0.05) is 0 Å². The number of carbonyl (C=O) groups is 3. The van der Waals surface area contributed by atoms with Crippen molar-refractivity contribution in [3.8, 4) is 0 Å². The second kappa shape index (κ2) is 7.73. The Balaban J connectivity index is 1.58. The summed E-state index contributed by atoms with van der Waals surface area (Å²) >= 11 is 0. The number of aromatic nitrogens is 2. The van der Waals surface area contributed by atoms with E-state index in [2.05, 4.69) is 15.3 Å². The van der Waals surface area contributed by atoms with Crippen LogP contribution in [-0.4, -0.2) is 63.7 Å². The smallest absolute Gasteiger partial charge is 0.274 e. The molecule has 1 aliphatic rings. The third-order valence-corrected chi connectivity index (χ3v) is 4.09. The minimum absolute atomic E-state index is 0.0917. The van der Waals surface area contributed by atoms with Crippen LogP contribution >= 0.6 is 0 Å². The molecule has 0 atom stereocenters. The van der Waals surface area contributed by atoms with E-state index in [0.717, 1.165) is 0 Å². The van der Waals surface area contributed by atoms with Crippen molar-refractivity contribution in [3.05, 3.63) is 54.1 Å². The van der Waals surface area contributed by atoms with Crippen LogP contribution < -0.4 is 5.32 Å². The molecule has 8 heteroatoms. The molecule has 1 aromatic carbocycles. The summed E-state index contributed by atoms with van der Waals surface area (Å²) in [4.78, 5) is 47.3. The molecule has 3 rings (SSSR count). The molecule has 0 spiro atoms. The number of carbonyl (C=O) groups excluding carboxylic acids is 3. The van der Waals surface area contributed by atoms with E-state index in [1.165, 1.54) is 25.5 Å². The Morgan fingerprint density at radius 1 is 0.923 bits per heavy atom. The van der Waals surface area contributed by atoms with Gasteiger partial charge in [0.1, 0.15) is 5.69 Å². The minimum Gasteiger partial charge on any atom is -0.335 e. The van der Waals surface area contributed by atoms with Crippen molar-refractivity contribution in [1.29, 1.82) is 0 Å². The first-order chi connectivity index (χ1) is 12.5. The van der Waals surface area contributed by atoms with E-state index in [0.29, 0.717) is 43.1 Å². The molecule has 1 fully saturated rings. The summed E-state index contributed by atoms with van der Waals surface area (Å²) in [5.41, 5.74) is 1.50. The second-order valence-corrected chi connectivity index (χ2v) is 5.93. The number of hydrogen-bond donors (Lipinski definition) is 1. The molecule has 0 radical (unpaired) electrons. The summed E-state index contributed by atoms with van der Waals surface area (Å²) in [5, 5.41) is 2.67. The lowest BCUT2D eigenvalue weighted by Crippen LogP contribution is -2.50. The summed E-state index contributed by atoms with van der Waals surface area (Å²) < 4.78 is 0. The monoisotopic (exact) mass is 353 g/mol. The molecule has 0 aliphatic carbocycles. The van der Waals surface area contributed by atoms with Crippen LogP contribution in [0.3, 0.4) is 0 Å². The molecule has 3 amide bonds. The molecule has 2 aromatic rings. The quantitative estimate of drug-likeness (QED) is 0.889. The zero-order valence-corrected chi connectivity index (χ0v) is 14.4. The lowest BCUT2D eigenvalue weighted by atomic mass is 10.1. The third kappa shape index (κ3) is 4.02. The summed E-state index contributed by atoms with van der Waals surface area (Å²) in [6.45, 7) is 3.24. The van der Waals surface area contributed by atoms with Gasteiger partial charge in [0, 0.05) is 56.7 Å². The largest absolute Gasteiger partial charge is 0.335 e. The van der Waals surface area contributed by atoms with Gasteiger partial charge in [-0.25, -0.2) is 4.98 Å². The van der Waals surface area contributed by atoms with E-state index in [1.54, 1.807) is 34.1 Å². The molecule has 26 heavy (non-hydrogen) atoms. The number of nitrogens with zero attached hydrogens (tertiary/aromatic N) is 4. The Morgan fingerprint density at radius 3 is 2.08 bits per heavy atom.